The first-order valence-corrected chi connectivity index (χ1v) is 5.67. The van der Waals surface area contributed by atoms with Crippen LogP contribution in [0.1, 0.15) is 34.6 Å². The number of carboxylic acid groups (broad SMARTS) is 1. The van der Waals surface area contributed by atoms with Crippen LogP contribution in [0, 0.1) is 0 Å². The van der Waals surface area contributed by atoms with E-state index in [1.165, 1.54) is 13.8 Å². The summed E-state index contributed by atoms with van der Waals surface area (Å²) >= 11 is 0. The van der Waals surface area contributed by atoms with Crippen LogP contribution in [-0.4, -0.2) is 34.8 Å². The van der Waals surface area contributed by atoms with Gasteiger partial charge in [-0.25, -0.2) is 14.4 Å². The lowest BCUT2D eigenvalue weighted by Gasteiger charge is -2.21. The predicted octanol–water partition coefficient (Wildman–Crippen LogP) is 1.43. The smallest absolute Gasteiger partial charge is 0.408 e. The maximum atomic E-state index is 11.5. The van der Waals surface area contributed by atoms with Gasteiger partial charge in [0.05, 0.1) is 0 Å². The molecule has 2 N–H and O–H groups in total. The second kappa shape index (κ2) is 6.77. The Labute approximate surface area is 111 Å². The van der Waals surface area contributed by atoms with Crippen LogP contribution in [-0.2, 0) is 19.1 Å². The Hall–Kier alpha value is -2.05. The van der Waals surface area contributed by atoms with Crippen LogP contribution in [0.25, 0.3) is 0 Å². The summed E-state index contributed by atoms with van der Waals surface area (Å²) in [5, 5.41) is 10.9. The van der Waals surface area contributed by atoms with Crippen molar-refractivity contribution >= 4 is 18.0 Å². The van der Waals surface area contributed by atoms with Gasteiger partial charge in [-0.3, -0.25) is 0 Å². The van der Waals surface area contributed by atoms with Crippen molar-refractivity contribution in [2.24, 2.45) is 0 Å². The average molecular weight is 273 g/mol. The topological polar surface area (TPSA) is 102 Å². The molecule has 0 bridgehead atoms. The van der Waals surface area contributed by atoms with Crippen LogP contribution in [0.3, 0.4) is 0 Å². The van der Waals surface area contributed by atoms with Gasteiger partial charge in [-0.05, 0) is 40.7 Å². The molecule has 0 saturated carbocycles. The molecule has 0 aliphatic rings. The quantitative estimate of drug-likeness (QED) is 0.456. The lowest BCUT2D eigenvalue weighted by Crippen LogP contribution is -2.42. The molecule has 0 radical (unpaired) electrons. The lowest BCUT2D eigenvalue weighted by atomic mass is 10.2. The van der Waals surface area contributed by atoms with E-state index in [1.54, 1.807) is 20.8 Å². The first-order valence-electron chi connectivity index (χ1n) is 5.67. The summed E-state index contributed by atoms with van der Waals surface area (Å²) in [6.45, 7) is 7.82. The van der Waals surface area contributed by atoms with Crippen molar-refractivity contribution < 1.29 is 29.0 Å². The van der Waals surface area contributed by atoms with Gasteiger partial charge >= 0.3 is 18.0 Å². The standard InChI is InChI=1S/C12H19NO6/c1-6-8(9(14)15)18-10(16)7(2)13-11(17)19-12(3,4)5/h6-7H,1-5H3,(H,13,17)(H,14,15)/b8-6-/t7-/m0/s1. The third kappa shape index (κ3) is 7.07. The number of amides is 1. The highest BCUT2D eigenvalue weighted by atomic mass is 16.6. The van der Waals surface area contributed by atoms with E-state index in [2.05, 4.69) is 10.1 Å². The molecule has 0 aromatic rings. The number of ether oxygens (including phenoxy) is 2. The second-order valence-electron chi connectivity index (χ2n) is 4.75. The van der Waals surface area contributed by atoms with Crippen LogP contribution in [0.5, 0.6) is 0 Å². The molecule has 0 aliphatic heterocycles. The minimum atomic E-state index is -1.36. The summed E-state index contributed by atoms with van der Waals surface area (Å²) in [6, 6.07) is -1.02. The summed E-state index contributed by atoms with van der Waals surface area (Å²) in [5.41, 5.74) is -0.691. The van der Waals surface area contributed by atoms with E-state index < -0.39 is 35.4 Å². The summed E-state index contributed by atoms with van der Waals surface area (Å²) in [4.78, 5) is 33.6. The minimum absolute atomic E-state index is 0.497. The summed E-state index contributed by atoms with van der Waals surface area (Å²) in [6.07, 6.45) is 0.356. The maximum Gasteiger partial charge on any atom is 0.408 e. The molecule has 0 heterocycles. The Kier molecular flexibility index (Phi) is 6.04. The molecule has 19 heavy (non-hydrogen) atoms. The summed E-state index contributed by atoms with van der Waals surface area (Å²) < 4.78 is 9.55. The molecule has 0 fully saturated rings. The molecule has 0 aliphatic carbocycles. The number of carbonyl (C=O) groups excluding carboxylic acids is 2. The van der Waals surface area contributed by atoms with Crippen LogP contribution in [0.4, 0.5) is 4.79 Å². The number of aliphatic carboxylic acids is 1. The van der Waals surface area contributed by atoms with Crippen LogP contribution in [0.2, 0.25) is 0 Å². The van der Waals surface area contributed by atoms with Crippen molar-refractivity contribution in [1.29, 1.82) is 0 Å². The van der Waals surface area contributed by atoms with E-state index in [9.17, 15) is 14.4 Å². The highest BCUT2D eigenvalue weighted by molar-refractivity contribution is 5.90. The van der Waals surface area contributed by atoms with Crippen LogP contribution in [0.15, 0.2) is 11.8 Å². The van der Waals surface area contributed by atoms with Crippen molar-refractivity contribution in [1.82, 2.24) is 5.32 Å². The maximum absolute atomic E-state index is 11.5. The third-order valence-electron chi connectivity index (χ3n) is 1.77. The van der Waals surface area contributed by atoms with Crippen molar-refractivity contribution in [2.75, 3.05) is 0 Å². The van der Waals surface area contributed by atoms with E-state index >= 15 is 0 Å². The molecule has 7 heteroatoms. The Morgan fingerprint density at radius 3 is 2.16 bits per heavy atom. The van der Waals surface area contributed by atoms with Crippen molar-refractivity contribution in [2.45, 2.75) is 46.3 Å². The number of nitrogens with one attached hydrogen (secondary N) is 1. The SMILES string of the molecule is C/C=C(\OC(=O)[C@H](C)NC(=O)OC(C)(C)C)C(=O)O. The molecule has 108 valence electrons. The zero-order valence-electron chi connectivity index (χ0n) is 11.6. The molecule has 0 unspecified atom stereocenters. The highest BCUT2D eigenvalue weighted by Gasteiger charge is 2.23. The van der Waals surface area contributed by atoms with E-state index in [0.717, 1.165) is 6.08 Å². The minimum Gasteiger partial charge on any atom is -0.475 e. The van der Waals surface area contributed by atoms with Gasteiger partial charge in [0, 0.05) is 0 Å². The van der Waals surface area contributed by atoms with E-state index in [0.29, 0.717) is 0 Å². The molecule has 0 saturated heterocycles. The van der Waals surface area contributed by atoms with Gasteiger partial charge in [0.25, 0.3) is 0 Å². The zero-order chi connectivity index (χ0) is 15.2. The second-order valence-corrected chi connectivity index (χ2v) is 4.75. The summed E-state index contributed by atoms with van der Waals surface area (Å²) in [7, 11) is 0. The molecule has 1 amide bonds. The molecule has 7 nitrogen and oxygen atoms in total. The molecule has 0 rings (SSSR count). The van der Waals surface area contributed by atoms with E-state index in [4.69, 9.17) is 9.84 Å². The predicted molar refractivity (Wildman–Crippen MR) is 66.3 cm³/mol. The molecule has 0 spiro atoms. The first-order chi connectivity index (χ1) is 8.56. The molecular weight excluding hydrogens is 254 g/mol. The number of hydrogen-bond donors (Lipinski definition) is 2. The lowest BCUT2D eigenvalue weighted by molar-refractivity contribution is -0.149. The van der Waals surface area contributed by atoms with Crippen LogP contribution >= 0.6 is 0 Å². The fourth-order valence-electron chi connectivity index (χ4n) is 0.966. The van der Waals surface area contributed by atoms with Crippen LogP contribution < -0.4 is 5.32 Å². The molecule has 0 aromatic heterocycles. The van der Waals surface area contributed by atoms with Crippen molar-refractivity contribution in [3.05, 3.63) is 11.8 Å². The van der Waals surface area contributed by atoms with E-state index in [-0.39, 0.29) is 0 Å². The van der Waals surface area contributed by atoms with Gasteiger partial charge in [-0.2, -0.15) is 0 Å². The molecule has 0 aromatic carbocycles. The Morgan fingerprint density at radius 1 is 1.26 bits per heavy atom. The van der Waals surface area contributed by atoms with Gasteiger partial charge in [0.15, 0.2) is 0 Å². The number of allylic oxidation sites excluding steroid dienone is 1. The van der Waals surface area contributed by atoms with Gasteiger partial charge in [-0.15, -0.1) is 0 Å². The Morgan fingerprint density at radius 2 is 1.79 bits per heavy atom. The van der Waals surface area contributed by atoms with Crippen molar-refractivity contribution in [3.63, 3.8) is 0 Å². The van der Waals surface area contributed by atoms with E-state index in [1.807, 2.05) is 0 Å². The third-order valence-corrected chi connectivity index (χ3v) is 1.77. The molecule has 1 atom stereocenters. The Bertz CT molecular complexity index is 394. The molecular formula is C12H19NO6. The fraction of sp³-hybridized carbons (Fsp3) is 0.583. The van der Waals surface area contributed by atoms with Gasteiger partial charge < -0.3 is 19.9 Å². The number of esters is 1. The number of rotatable bonds is 4. The van der Waals surface area contributed by atoms with Gasteiger partial charge in [-0.1, -0.05) is 0 Å². The Balaban J connectivity index is 4.44. The number of alkyl carbamates (subject to hydrolysis) is 1. The van der Waals surface area contributed by atoms with Crippen molar-refractivity contribution in [3.8, 4) is 0 Å². The average Bonchev–Trinajstić information content (AvgIpc) is 2.21. The fourth-order valence-corrected chi connectivity index (χ4v) is 0.966. The number of hydrogen-bond acceptors (Lipinski definition) is 5. The van der Waals surface area contributed by atoms with Gasteiger partial charge in [0.1, 0.15) is 11.6 Å². The number of carboxylic acids is 1. The largest absolute Gasteiger partial charge is 0.475 e. The number of carbonyl (C=O) groups is 3. The zero-order valence-corrected chi connectivity index (χ0v) is 11.6. The normalized spacial score (nSPS) is 13.4. The highest BCUT2D eigenvalue weighted by Crippen LogP contribution is 2.07. The summed E-state index contributed by atoms with van der Waals surface area (Å²) in [5.74, 6) is -2.75. The first kappa shape index (κ1) is 16.9. The van der Waals surface area contributed by atoms with Gasteiger partial charge in [0.2, 0.25) is 5.76 Å². The monoisotopic (exact) mass is 273 g/mol.